The molecule has 1 saturated carbocycles. The lowest BCUT2D eigenvalue weighted by Gasteiger charge is -2.13. The first kappa shape index (κ1) is 13.7. The van der Waals surface area contributed by atoms with Crippen LogP contribution in [0, 0.1) is 0 Å². The Balaban J connectivity index is 1.62. The Labute approximate surface area is 129 Å². The molecule has 2 heterocycles. The fourth-order valence-electron chi connectivity index (χ4n) is 3.08. The molecule has 2 aliphatic rings. The van der Waals surface area contributed by atoms with Crippen molar-refractivity contribution in [1.29, 1.82) is 0 Å². The summed E-state index contributed by atoms with van der Waals surface area (Å²) >= 11 is 0. The SMILES string of the molecule is O=C(NCC1CCCO1)c1cc(C2CC2)nc2ccccc12. The van der Waals surface area contributed by atoms with Gasteiger partial charge in [0.05, 0.1) is 17.2 Å². The first-order chi connectivity index (χ1) is 10.8. The van der Waals surface area contributed by atoms with Crippen LogP contribution in [0.3, 0.4) is 0 Å². The zero-order valence-electron chi connectivity index (χ0n) is 12.5. The van der Waals surface area contributed by atoms with Crippen molar-refractivity contribution in [3.05, 3.63) is 41.6 Å². The molecular formula is C18H20N2O2. The topological polar surface area (TPSA) is 51.2 Å². The molecule has 22 heavy (non-hydrogen) atoms. The maximum atomic E-state index is 12.6. The van der Waals surface area contributed by atoms with Gasteiger partial charge in [0.1, 0.15) is 0 Å². The lowest BCUT2D eigenvalue weighted by molar-refractivity contribution is 0.0859. The van der Waals surface area contributed by atoms with Crippen LogP contribution in [0.4, 0.5) is 0 Å². The molecule has 1 N–H and O–H groups in total. The van der Waals surface area contributed by atoms with Crippen molar-refractivity contribution in [1.82, 2.24) is 10.3 Å². The van der Waals surface area contributed by atoms with Gasteiger partial charge in [-0.15, -0.1) is 0 Å². The summed E-state index contributed by atoms with van der Waals surface area (Å²) in [7, 11) is 0. The third-order valence-corrected chi connectivity index (χ3v) is 4.49. The molecule has 114 valence electrons. The molecule has 4 rings (SSSR count). The van der Waals surface area contributed by atoms with E-state index in [0.717, 1.165) is 41.6 Å². The van der Waals surface area contributed by atoms with Crippen molar-refractivity contribution in [2.24, 2.45) is 0 Å². The molecular weight excluding hydrogens is 276 g/mol. The standard InChI is InChI=1S/C18H20N2O2/c21-18(19-11-13-4-3-9-22-13)15-10-17(12-7-8-12)20-16-6-2-1-5-14(15)16/h1-2,5-6,10,12-13H,3-4,7-9,11H2,(H,19,21). The lowest BCUT2D eigenvalue weighted by Crippen LogP contribution is -2.32. The van der Waals surface area contributed by atoms with E-state index in [4.69, 9.17) is 9.72 Å². The van der Waals surface area contributed by atoms with Crippen molar-refractivity contribution in [2.45, 2.75) is 37.7 Å². The molecule has 1 aliphatic heterocycles. The smallest absolute Gasteiger partial charge is 0.252 e. The van der Waals surface area contributed by atoms with Gasteiger partial charge in [0.2, 0.25) is 0 Å². The van der Waals surface area contributed by atoms with E-state index in [1.54, 1.807) is 0 Å². The van der Waals surface area contributed by atoms with Crippen LogP contribution in [0.25, 0.3) is 10.9 Å². The summed E-state index contributed by atoms with van der Waals surface area (Å²) < 4.78 is 5.57. The second-order valence-electron chi connectivity index (χ2n) is 6.23. The monoisotopic (exact) mass is 296 g/mol. The quantitative estimate of drug-likeness (QED) is 0.943. The number of pyridine rings is 1. The van der Waals surface area contributed by atoms with Gasteiger partial charge in [-0.05, 0) is 37.8 Å². The first-order valence-corrected chi connectivity index (χ1v) is 8.11. The van der Waals surface area contributed by atoms with Crippen LogP contribution in [-0.4, -0.2) is 30.1 Å². The molecule has 1 unspecified atom stereocenters. The lowest BCUT2D eigenvalue weighted by atomic mass is 10.1. The number of ether oxygens (including phenoxy) is 1. The van der Waals surface area contributed by atoms with Gasteiger partial charge in [0, 0.05) is 30.1 Å². The van der Waals surface area contributed by atoms with E-state index in [0.29, 0.717) is 12.5 Å². The number of para-hydroxylation sites is 1. The molecule has 4 nitrogen and oxygen atoms in total. The van der Waals surface area contributed by atoms with Gasteiger partial charge in [0.25, 0.3) is 5.91 Å². The second kappa shape index (κ2) is 5.69. The number of carbonyl (C=O) groups excluding carboxylic acids is 1. The summed E-state index contributed by atoms with van der Waals surface area (Å²) in [6.07, 6.45) is 4.65. The number of benzene rings is 1. The molecule has 0 spiro atoms. The van der Waals surface area contributed by atoms with Crippen molar-refractivity contribution in [3.8, 4) is 0 Å². The maximum Gasteiger partial charge on any atom is 0.252 e. The zero-order chi connectivity index (χ0) is 14.9. The summed E-state index contributed by atoms with van der Waals surface area (Å²) in [4.78, 5) is 17.3. The van der Waals surface area contributed by atoms with Crippen LogP contribution in [-0.2, 0) is 4.74 Å². The van der Waals surface area contributed by atoms with Gasteiger partial charge < -0.3 is 10.1 Å². The molecule has 0 radical (unpaired) electrons. The van der Waals surface area contributed by atoms with E-state index in [1.165, 1.54) is 12.8 Å². The van der Waals surface area contributed by atoms with Crippen LogP contribution in [0.5, 0.6) is 0 Å². The summed E-state index contributed by atoms with van der Waals surface area (Å²) in [5, 5.41) is 3.96. The van der Waals surface area contributed by atoms with Gasteiger partial charge in [-0.1, -0.05) is 18.2 Å². The minimum absolute atomic E-state index is 0.0176. The number of nitrogens with one attached hydrogen (secondary N) is 1. The van der Waals surface area contributed by atoms with Gasteiger partial charge in [-0.2, -0.15) is 0 Å². The highest BCUT2D eigenvalue weighted by atomic mass is 16.5. The number of amides is 1. The largest absolute Gasteiger partial charge is 0.376 e. The summed E-state index contributed by atoms with van der Waals surface area (Å²) in [5.41, 5.74) is 2.71. The predicted octanol–water partition coefficient (Wildman–Crippen LogP) is 3.02. The molecule has 1 aromatic carbocycles. The average molecular weight is 296 g/mol. The highest BCUT2D eigenvalue weighted by Crippen LogP contribution is 2.40. The third kappa shape index (κ3) is 2.71. The van der Waals surface area contributed by atoms with E-state index >= 15 is 0 Å². The van der Waals surface area contributed by atoms with Crippen LogP contribution in [0.1, 0.15) is 47.7 Å². The van der Waals surface area contributed by atoms with E-state index in [-0.39, 0.29) is 12.0 Å². The summed E-state index contributed by atoms with van der Waals surface area (Å²) in [6.45, 7) is 1.40. The van der Waals surface area contributed by atoms with Crippen LogP contribution in [0.2, 0.25) is 0 Å². The Bertz CT molecular complexity index is 703. The normalized spacial score (nSPS) is 21.2. The molecule has 1 atom stereocenters. The van der Waals surface area contributed by atoms with Crippen molar-refractivity contribution in [2.75, 3.05) is 13.2 Å². The number of nitrogens with zero attached hydrogens (tertiary/aromatic N) is 1. The number of aromatic nitrogens is 1. The Kier molecular flexibility index (Phi) is 3.54. The predicted molar refractivity (Wildman–Crippen MR) is 85.0 cm³/mol. The van der Waals surface area contributed by atoms with Crippen LogP contribution < -0.4 is 5.32 Å². The van der Waals surface area contributed by atoms with Crippen LogP contribution in [0.15, 0.2) is 30.3 Å². The minimum Gasteiger partial charge on any atom is -0.376 e. The van der Waals surface area contributed by atoms with E-state index < -0.39 is 0 Å². The van der Waals surface area contributed by atoms with Gasteiger partial charge in [-0.25, -0.2) is 0 Å². The molecule has 1 aromatic heterocycles. The zero-order valence-corrected chi connectivity index (χ0v) is 12.5. The molecule has 2 fully saturated rings. The summed E-state index contributed by atoms with van der Waals surface area (Å²) in [5.74, 6) is 0.519. The highest BCUT2D eigenvalue weighted by molar-refractivity contribution is 6.06. The number of rotatable bonds is 4. The molecule has 4 heteroatoms. The molecule has 1 aliphatic carbocycles. The van der Waals surface area contributed by atoms with E-state index in [2.05, 4.69) is 5.32 Å². The third-order valence-electron chi connectivity index (χ3n) is 4.49. The Morgan fingerprint density at radius 3 is 2.91 bits per heavy atom. The Morgan fingerprint density at radius 1 is 1.27 bits per heavy atom. The van der Waals surface area contributed by atoms with Gasteiger partial charge in [0.15, 0.2) is 0 Å². The van der Waals surface area contributed by atoms with E-state index in [1.807, 2.05) is 30.3 Å². The number of fused-ring (bicyclic) bond motifs is 1. The van der Waals surface area contributed by atoms with Crippen molar-refractivity contribution >= 4 is 16.8 Å². The Hall–Kier alpha value is -1.94. The molecule has 1 amide bonds. The molecule has 2 aromatic rings. The molecule has 0 bridgehead atoms. The number of hydrogen-bond donors (Lipinski definition) is 1. The number of carbonyl (C=O) groups is 1. The fraction of sp³-hybridized carbons (Fsp3) is 0.444. The van der Waals surface area contributed by atoms with Crippen molar-refractivity contribution in [3.63, 3.8) is 0 Å². The van der Waals surface area contributed by atoms with Gasteiger partial charge >= 0.3 is 0 Å². The van der Waals surface area contributed by atoms with E-state index in [9.17, 15) is 4.79 Å². The average Bonchev–Trinajstić information content (AvgIpc) is 3.28. The van der Waals surface area contributed by atoms with Gasteiger partial charge in [-0.3, -0.25) is 9.78 Å². The van der Waals surface area contributed by atoms with Crippen molar-refractivity contribution < 1.29 is 9.53 Å². The second-order valence-corrected chi connectivity index (χ2v) is 6.23. The molecule has 1 saturated heterocycles. The first-order valence-electron chi connectivity index (χ1n) is 8.11. The fourth-order valence-corrected chi connectivity index (χ4v) is 3.08. The Morgan fingerprint density at radius 2 is 2.14 bits per heavy atom. The summed E-state index contributed by atoms with van der Waals surface area (Å²) in [6, 6.07) is 9.86. The minimum atomic E-state index is -0.0176. The maximum absolute atomic E-state index is 12.6. The number of hydrogen-bond acceptors (Lipinski definition) is 3. The van der Waals surface area contributed by atoms with Crippen LogP contribution >= 0.6 is 0 Å². The highest BCUT2D eigenvalue weighted by Gasteiger charge is 2.27.